The SMILES string of the molecule is C=CC(C)(CCOC(C)C)CNCCOC. The number of ether oxygens (including phenoxy) is 2. The summed E-state index contributed by atoms with van der Waals surface area (Å²) in [5.74, 6) is 0. The molecule has 0 amide bonds. The van der Waals surface area contributed by atoms with E-state index < -0.39 is 0 Å². The van der Waals surface area contributed by atoms with Gasteiger partial charge in [-0.2, -0.15) is 0 Å². The molecule has 0 saturated heterocycles. The number of methoxy groups -OCH3 is 1. The van der Waals surface area contributed by atoms with E-state index in [0.717, 1.165) is 32.7 Å². The molecule has 0 aliphatic carbocycles. The van der Waals surface area contributed by atoms with Crippen molar-refractivity contribution in [2.75, 3.05) is 33.4 Å². The Balaban J connectivity index is 3.77. The summed E-state index contributed by atoms with van der Waals surface area (Å²) in [6, 6.07) is 0. The highest BCUT2D eigenvalue weighted by Gasteiger charge is 2.19. The van der Waals surface area contributed by atoms with Gasteiger partial charge in [-0.25, -0.2) is 0 Å². The van der Waals surface area contributed by atoms with E-state index in [1.54, 1.807) is 7.11 Å². The van der Waals surface area contributed by atoms with Gasteiger partial charge in [-0.05, 0) is 25.7 Å². The number of rotatable bonds is 10. The van der Waals surface area contributed by atoms with Crippen molar-refractivity contribution in [3.63, 3.8) is 0 Å². The average Bonchev–Trinajstić information content (AvgIpc) is 2.24. The summed E-state index contributed by atoms with van der Waals surface area (Å²) >= 11 is 0. The van der Waals surface area contributed by atoms with Gasteiger partial charge in [0.1, 0.15) is 0 Å². The van der Waals surface area contributed by atoms with Crippen LogP contribution >= 0.6 is 0 Å². The van der Waals surface area contributed by atoms with Crippen LogP contribution in [0.1, 0.15) is 27.2 Å². The lowest BCUT2D eigenvalue weighted by Gasteiger charge is -2.26. The first-order valence-electron chi connectivity index (χ1n) is 5.99. The molecule has 0 aliphatic heterocycles. The summed E-state index contributed by atoms with van der Waals surface area (Å²) < 4.78 is 10.6. The van der Waals surface area contributed by atoms with Crippen molar-refractivity contribution < 1.29 is 9.47 Å². The largest absolute Gasteiger partial charge is 0.383 e. The summed E-state index contributed by atoms with van der Waals surface area (Å²) in [6.07, 6.45) is 3.31. The van der Waals surface area contributed by atoms with E-state index in [4.69, 9.17) is 9.47 Å². The molecule has 1 atom stereocenters. The summed E-state index contributed by atoms with van der Waals surface area (Å²) in [5, 5.41) is 3.36. The normalized spacial score (nSPS) is 15.1. The molecule has 0 heterocycles. The van der Waals surface area contributed by atoms with Crippen LogP contribution in [0, 0.1) is 5.41 Å². The molecule has 1 unspecified atom stereocenters. The van der Waals surface area contributed by atoms with Crippen LogP contribution < -0.4 is 5.32 Å². The van der Waals surface area contributed by atoms with Crippen molar-refractivity contribution in [3.8, 4) is 0 Å². The van der Waals surface area contributed by atoms with Gasteiger partial charge in [-0.1, -0.05) is 13.0 Å². The van der Waals surface area contributed by atoms with Crippen LogP contribution in [-0.4, -0.2) is 39.5 Å². The second kappa shape index (κ2) is 8.74. The Hall–Kier alpha value is -0.380. The Bertz CT molecular complexity index is 183. The molecule has 16 heavy (non-hydrogen) atoms. The Morgan fingerprint density at radius 2 is 2.06 bits per heavy atom. The van der Waals surface area contributed by atoms with E-state index in [1.165, 1.54) is 0 Å². The Morgan fingerprint density at radius 1 is 1.38 bits per heavy atom. The maximum absolute atomic E-state index is 5.57. The van der Waals surface area contributed by atoms with E-state index in [1.807, 2.05) is 6.08 Å². The number of hydrogen-bond acceptors (Lipinski definition) is 3. The monoisotopic (exact) mass is 229 g/mol. The lowest BCUT2D eigenvalue weighted by Crippen LogP contribution is -2.33. The van der Waals surface area contributed by atoms with E-state index in [9.17, 15) is 0 Å². The molecule has 0 rings (SSSR count). The molecule has 1 N–H and O–H groups in total. The van der Waals surface area contributed by atoms with Gasteiger partial charge in [0.05, 0.1) is 12.7 Å². The molecule has 0 fully saturated rings. The molecule has 0 saturated carbocycles. The van der Waals surface area contributed by atoms with Crippen molar-refractivity contribution in [2.24, 2.45) is 5.41 Å². The Labute approximate surface area is 100 Å². The highest BCUT2D eigenvalue weighted by molar-refractivity contribution is 4.92. The smallest absolute Gasteiger partial charge is 0.0587 e. The van der Waals surface area contributed by atoms with Gasteiger partial charge < -0.3 is 14.8 Å². The molecule has 0 aromatic carbocycles. The first-order valence-corrected chi connectivity index (χ1v) is 5.99. The minimum absolute atomic E-state index is 0.0998. The average molecular weight is 229 g/mol. The highest BCUT2D eigenvalue weighted by atomic mass is 16.5. The maximum atomic E-state index is 5.57. The number of hydrogen-bond donors (Lipinski definition) is 1. The molecule has 0 aromatic heterocycles. The third-order valence-corrected chi connectivity index (χ3v) is 2.63. The van der Waals surface area contributed by atoms with Crippen molar-refractivity contribution in [1.29, 1.82) is 0 Å². The van der Waals surface area contributed by atoms with Crippen molar-refractivity contribution >= 4 is 0 Å². The third kappa shape index (κ3) is 7.85. The molecular formula is C13H27NO2. The van der Waals surface area contributed by atoms with Crippen LogP contribution in [0.2, 0.25) is 0 Å². The van der Waals surface area contributed by atoms with Crippen LogP contribution in [0.3, 0.4) is 0 Å². The van der Waals surface area contributed by atoms with E-state index >= 15 is 0 Å². The highest BCUT2D eigenvalue weighted by Crippen LogP contribution is 2.21. The maximum Gasteiger partial charge on any atom is 0.0587 e. The molecule has 0 aromatic rings. The van der Waals surface area contributed by atoms with Crippen LogP contribution in [0.15, 0.2) is 12.7 Å². The van der Waals surface area contributed by atoms with Gasteiger partial charge in [0.2, 0.25) is 0 Å². The van der Waals surface area contributed by atoms with Crippen LogP contribution in [-0.2, 0) is 9.47 Å². The van der Waals surface area contributed by atoms with E-state index in [2.05, 4.69) is 32.7 Å². The Morgan fingerprint density at radius 3 is 2.56 bits per heavy atom. The predicted molar refractivity (Wildman–Crippen MR) is 68.8 cm³/mol. The van der Waals surface area contributed by atoms with Crippen molar-refractivity contribution in [2.45, 2.75) is 33.3 Å². The van der Waals surface area contributed by atoms with Crippen LogP contribution in [0.4, 0.5) is 0 Å². The number of nitrogens with one attached hydrogen (secondary N) is 1. The van der Waals surface area contributed by atoms with Gasteiger partial charge in [0.25, 0.3) is 0 Å². The topological polar surface area (TPSA) is 30.5 Å². The Kier molecular flexibility index (Phi) is 8.53. The molecule has 3 heteroatoms. The minimum atomic E-state index is 0.0998. The van der Waals surface area contributed by atoms with E-state index in [0.29, 0.717) is 6.10 Å². The van der Waals surface area contributed by atoms with Gasteiger partial charge >= 0.3 is 0 Å². The fourth-order valence-electron chi connectivity index (χ4n) is 1.34. The second-order valence-electron chi connectivity index (χ2n) is 4.70. The van der Waals surface area contributed by atoms with Crippen LogP contribution in [0.5, 0.6) is 0 Å². The van der Waals surface area contributed by atoms with Crippen molar-refractivity contribution in [3.05, 3.63) is 12.7 Å². The lowest BCUT2D eigenvalue weighted by atomic mass is 9.87. The molecule has 0 bridgehead atoms. The molecular weight excluding hydrogens is 202 g/mol. The first-order chi connectivity index (χ1) is 7.54. The first kappa shape index (κ1) is 15.6. The van der Waals surface area contributed by atoms with Gasteiger partial charge in [-0.15, -0.1) is 6.58 Å². The standard InChI is InChI=1S/C13H27NO2/c1-6-13(4,7-9-16-12(2)3)11-14-8-10-15-5/h6,12,14H,1,7-11H2,2-5H3. The third-order valence-electron chi connectivity index (χ3n) is 2.63. The second-order valence-corrected chi connectivity index (χ2v) is 4.70. The predicted octanol–water partition coefficient (Wildman–Crippen LogP) is 2.23. The quantitative estimate of drug-likeness (QED) is 0.460. The van der Waals surface area contributed by atoms with Crippen molar-refractivity contribution in [1.82, 2.24) is 5.32 Å². The molecule has 0 spiro atoms. The zero-order chi connectivity index (χ0) is 12.4. The van der Waals surface area contributed by atoms with E-state index in [-0.39, 0.29) is 5.41 Å². The molecule has 3 nitrogen and oxygen atoms in total. The van der Waals surface area contributed by atoms with Gasteiger partial charge in [0, 0.05) is 26.8 Å². The van der Waals surface area contributed by atoms with Crippen LogP contribution in [0.25, 0.3) is 0 Å². The summed E-state index contributed by atoms with van der Waals surface area (Å²) in [5.41, 5.74) is 0.0998. The zero-order valence-corrected chi connectivity index (χ0v) is 11.2. The molecule has 0 aliphatic rings. The van der Waals surface area contributed by atoms with Gasteiger partial charge in [-0.3, -0.25) is 0 Å². The fourth-order valence-corrected chi connectivity index (χ4v) is 1.34. The van der Waals surface area contributed by atoms with Gasteiger partial charge in [0.15, 0.2) is 0 Å². The minimum Gasteiger partial charge on any atom is -0.383 e. The zero-order valence-electron chi connectivity index (χ0n) is 11.2. The molecule has 0 radical (unpaired) electrons. The fraction of sp³-hybridized carbons (Fsp3) is 0.846. The summed E-state index contributed by atoms with van der Waals surface area (Å²) in [4.78, 5) is 0. The summed E-state index contributed by atoms with van der Waals surface area (Å²) in [7, 11) is 1.71. The lowest BCUT2D eigenvalue weighted by molar-refractivity contribution is 0.0615. The summed E-state index contributed by atoms with van der Waals surface area (Å²) in [6.45, 7) is 13.5. The molecule has 96 valence electrons.